The molecule has 5 aromatic rings. The number of hydrogen-bond acceptors (Lipinski definition) is 6. The molecule has 10 heteroatoms. The van der Waals surface area contributed by atoms with Crippen molar-refractivity contribution in [2.75, 3.05) is 18.1 Å². The van der Waals surface area contributed by atoms with Crippen LogP contribution in [0.4, 0.5) is 5.69 Å². The maximum atomic E-state index is 12.6. The van der Waals surface area contributed by atoms with E-state index in [4.69, 9.17) is 9.15 Å². The molecule has 3 aromatic carbocycles. The number of furan rings is 1. The highest BCUT2D eigenvalue weighted by Crippen LogP contribution is 2.41. The molecule has 2 heterocycles. The lowest BCUT2D eigenvalue weighted by atomic mass is 9.95. The molecule has 0 unspecified atom stereocenters. The van der Waals surface area contributed by atoms with E-state index in [1.807, 2.05) is 30.3 Å². The number of nitrogens with zero attached hydrogens (tertiary/aromatic N) is 1. The Labute approximate surface area is 205 Å². The minimum Gasteiger partial charge on any atom is -0.495 e. The Bertz CT molecular complexity index is 1820. The van der Waals surface area contributed by atoms with Crippen molar-refractivity contribution >= 4 is 26.5 Å². The number of nitrogens with one attached hydrogen (secondary N) is 2. The van der Waals surface area contributed by atoms with Crippen molar-refractivity contribution in [3.8, 4) is 33.7 Å². The van der Waals surface area contributed by atoms with Crippen LogP contribution in [-0.4, -0.2) is 31.3 Å². The maximum absolute atomic E-state index is 12.6. The smallest absolute Gasteiger partial charge is 0.332 e. The molecule has 2 aromatic heterocycles. The summed E-state index contributed by atoms with van der Waals surface area (Å²) in [4.78, 5) is 26.4. The summed E-state index contributed by atoms with van der Waals surface area (Å²) >= 11 is 0. The molecule has 0 atom stereocenters. The predicted molar refractivity (Wildman–Crippen MR) is 138 cm³/mol. The van der Waals surface area contributed by atoms with Gasteiger partial charge in [0.05, 0.1) is 31.6 Å². The summed E-state index contributed by atoms with van der Waals surface area (Å²) in [5.74, 6) is 0.576. The second-order valence-electron chi connectivity index (χ2n) is 8.22. The van der Waals surface area contributed by atoms with Gasteiger partial charge < -0.3 is 9.15 Å². The fourth-order valence-electron chi connectivity index (χ4n) is 4.13. The molecule has 2 N–H and O–H groups in total. The lowest BCUT2D eigenvalue weighted by molar-refractivity contribution is 0.418. The Hall–Kier alpha value is -4.57. The molecule has 0 saturated carbocycles. The molecular weight excluding hydrogens is 482 g/mol. The summed E-state index contributed by atoms with van der Waals surface area (Å²) < 4.78 is 38.1. The van der Waals surface area contributed by atoms with E-state index in [1.54, 1.807) is 43.9 Å². The third-order valence-electron chi connectivity index (χ3n) is 5.67. The Kier molecular flexibility index (Phi) is 5.73. The molecule has 0 aliphatic carbocycles. The predicted octanol–water partition coefficient (Wildman–Crippen LogP) is 3.99. The summed E-state index contributed by atoms with van der Waals surface area (Å²) in [6.45, 7) is 0. The first kappa shape index (κ1) is 23.2. The number of hydrogen-bond donors (Lipinski definition) is 2. The summed E-state index contributed by atoms with van der Waals surface area (Å²) in [6.07, 6.45) is 5.65. The second-order valence-corrected chi connectivity index (χ2v) is 9.97. The molecule has 0 bridgehead atoms. The Morgan fingerprint density at radius 2 is 1.64 bits per heavy atom. The van der Waals surface area contributed by atoms with Crippen LogP contribution in [0.3, 0.4) is 0 Å². The average molecular weight is 504 g/mol. The van der Waals surface area contributed by atoms with E-state index < -0.39 is 21.3 Å². The summed E-state index contributed by atoms with van der Waals surface area (Å²) in [7, 11) is -1.83. The SMILES string of the molecule is COc1c(-c2ccoc2)cc(-n2ccc(=O)[nH]c2=O)cc1-c1ccc2cc(NS(C)(=O)=O)ccc2c1. The molecule has 9 nitrogen and oxygen atoms in total. The highest BCUT2D eigenvalue weighted by Gasteiger charge is 2.18. The van der Waals surface area contributed by atoms with Gasteiger partial charge >= 0.3 is 5.69 Å². The first-order valence-electron chi connectivity index (χ1n) is 10.8. The van der Waals surface area contributed by atoms with Gasteiger partial charge in [-0.3, -0.25) is 19.1 Å². The number of rotatable bonds is 6. The van der Waals surface area contributed by atoms with E-state index in [0.29, 0.717) is 28.3 Å². The number of H-pyrrole nitrogens is 1. The molecule has 0 fully saturated rings. The van der Waals surface area contributed by atoms with Gasteiger partial charge in [-0.2, -0.15) is 0 Å². The fourth-order valence-corrected chi connectivity index (χ4v) is 4.69. The first-order chi connectivity index (χ1) is 17.2. The zero-order valence-corrected chi connectivity index (χ0v) is 20.1. The van der Waals surface area contributed by atoms with Crippen LogP contribution in [-0.2, 0) is 10.0 Å². The number of anilines is 1. The quantitative estimate of drug-likeness (QED) is 0.361. The largest absolute Gasteiger partial charge is 0.495 e. The molecule has 0 radical (unpaired) electrons. The number of methoxy groups -OCH3 is 1. The van der Waals surface area contributed by atoms with Crippen molar-refractivity contribution < 1.29 is 17.6 Å². The molecule has 5 rings (SSSR count). The van der Waals surface area contributed by atoms with Gasteiger partial charge in [-0.15, -0.1) is 0 Å². The number of aromatic amines is 1. The van der Waals surface area contributed by atoms with Crippen LogP contribution in [0.5, 0.6) is 5.75 Å². The van der Waals surface area contributed by atoms with Crippen LogP contribution in [0.1, 0.15) is 0 Å². The van der Waals surface area contributed by atoms with Gasteiger partial charge in [0, 0.05) is 34.6 Å². The van der Waals surface area contributed by atoms with Crippen molar-refractivity contribution in [1.29, 1.82) is 0 Å². The second kappa shape index (κ2) is 8.90. The normalized spacial score (nSPS) is 11.5. The van der Waals surface area contributed by atoms with E-state index >= 15 is 0 Å². The van der Waals surface area contributed by atoms with Gasteiger partial charge in [-0.25, -0.2) is 13.2 Å². The number of aromatic nitrogens is 2. The first-order valence-corrected chi connectivity index (χ1v) is 12.7. The maximum Gasteiger partial charge on any atom is 0.332 e. The lowest BCUT2D eigenvalue weighted by Crippen LogP contribution is -2.27. The standard InChI is InChI=1S/C26H21N3O6S/c1-34-25-22(18-4-3-17-12-20(28-36(2,32)33)6-5-16(17)11-18)13-21(14-23(25)19-8-10-35-15-19)29-9-7-24(30)27-26(29)31/h3-15,28H,1-2H3,(H,27,30,31). The zero-order valence-electron chi connectivity index (χ0n) is 19.3. The summed E-state index contributed by atoms with van der Waals surface area (Å²) in [5.41, 5.74) is 2.92. The van der Waals surface area contributed by atoms with Gasteiger partial charge in [0.1, 0.15) is 5.75 Å². The molecule has 0 amide bonds. The van der Waals surface area contributed by atoms with Crippen LogP contribution in [0.15, 0.2) is 93.4 Å². The van der Waals surface area contributed by atoms with Crippen LogP contribution in [0.2, 0.25) is 0 Å². The van der Waals surface area contributed by atoms with Crippen molar-refractivity contribution in [1.82, 2.24) is 9.55 Å². The molecular formula is C26H21N3O6S. The fraction of sp³-hybridized carbons (Fsp3) is 0.0769. The third kappa shape index (κ3) is 4.53. The van der Waals surface area contributed by atoms with Gasteiger partial charge in [0.2, 0.25) is 10.0 Å². The van der Waals surface area contributed by atoms with Crippen molar-refractivity contribution in [2.45, 2.75) is 0 Å². The van der Waals surface area contributed by atoms with Gasteiger partial charge in [-0.1, -0.05) is 18.2 Å². The van der Waals surface area contributed by atoms with E-state index in [1.165, 1.54) is 16.8 Å². The molecule has 0 spiro atoms. The molecule has 0 aliphatic heterocycles. The number of benzene rings is 3. The third-order valence-corrected chi connectivity index (χ3v) is 6.27. The van der Waals surface area contributed by atoms with E-state index in [-0.39, 0.29) is 0 Å². The summed E-state index contributed by atoms with van der Waals surface area (Å²) in [5, 5.41) is 1.72. The van der Waals surface area contributed by atoms with E-state index in [9.17, 15) is 18.0 Å². The Morgan fingerprint density at radius 1 is 0.917 bits per heavy atom. The van der Waals surface area contributed by atoms with Crippen molar-refractivity contribution in [3.05, 3.63) is 100 Å². The van der Waals surface area contributed by atoms with Gasteiger partial charge in [0.25, 0.3) is 5.56 Å². The van der Waals surface area contributed by atoms with Crippen LogP contribution in [0.25, 0.3) is 38.7 Å². The van der Waals surface area contributed by atoms with Crippen molar-refractivity contribution in [2.24, 2.45) is 0 Å². The van der Waals surface area contributed by atoms with Gasteiger partial charge in [-0.05, 0) is 52.7 Å². The lowest BCUT2D eigenvalue weighted by Gasteiger charge is -2.17. The highest BCUT2D eigenvalue weighted by atomic mass is 32.2. The number of fused-ring (bicyclic) bond motifs is 1. The van der Waals surface area contributed by atoms with E-state index in [2.05, 4.69) is 9.71 Å². The minimum absolute atomic E-state index is 0.469. The molecule has 0 saturated heterocycles. The van der Waals surface area contributed by atoms with Crippen LogP contribution in [0, 0.1) is 0 Å². The minimum atomic E-state index is -3.39. The van der Waals surface area contributed by atoms with Gasteiger partial charge in [0.15, 0.2) is 0 Å². The van der Waals surface area contributed by atoms with Crippen LogP contribution < -0.4 is 20.7 Å². The Morgan fingerprint density at radius 3 is 2.31 bits per heavy atom. The number of sulfonamides is 1. The van der Waals surface area contributed by atoms with Crippen LogP contribution >= 0.6 is 0 Å². The highest BCUT2D eigenvalue weighted by molar-refractivity contribution is 7.92. The summed E-state index contributed by atoms with van der Waals surface area (Å²) in [6, 6.07) is 17.7. The zero-order chi connectivity index (χ0) is 25.4. The monoisotopic (exact) mass is 503 g/mol. The average Bonchev–Trinajstić information content (AvgIpc) is 3.37. The molecule has 0 aliphatic rings. The topological polar surface area (TPSA) is 123 Å². The van der Waals surface area contributed by atoms with E-state index in [0.717, 1.165) is 28.2 Å². The number of ether oxygens (including phenoxy) is 1. The van der Waals surface area contributed by atoms with Crippen molar-refractivity contribution in [3.63, 3.8) is 0 Å². The molecule has 182 valence electrons. The molecule has 36 heavy (non-hydrogen) atoms. The Balaban J connectivity index is 1.72.